The topological polar surface area (TPSA) is 64.7 Å². The quantitative estimate of drug-likeness (QED) is 0.527. The van der Waals surface area contributed by atoms with E-state index in [0.29, 0.717) is 43.3 Å². The van der Waals surface area contributed by atoms with E-state index in [1.54, 1.807) is 12.1 Å². The van der Waals surface area contributed by atoms with Crippen molar-refractivity contribution in [3.05, 3.63) is 65.2 Å². The lowest BCUT2D eigenvalue weighted by molar-refractivity contribution is -0.131. The molecule has 162 valence electrons. The lowest BCUT2D eigenvalue weighted by atomic mass is 10.2. The molecule has 2 amide bonds. The van der Waals surface area contributed by atoms with Gasteiger partial charge >= 0.3 is 0 Å². The molecule has 1 heterocycles. The minimum atomic E-state index is -0.323. The van der Waals surface area contributed by atoms with Gasteiger partial charge in [0.25, 0.3) is 0 Å². The zero-order valence-electron chi connectivity index (χ0n) is 17.3. The van der Waals surface area contributed by atoms with Crippen molar-refractivity contribution in [3.8, 4) is 0 Å². The van der Waals surface area contributed by atoms with Crippen LogP contribution in [0.25, 0.3) is 6.08 Å². The van der Waals surface area contributed by atoms with E-state index in [0.717, 1.165) is 11.3 Å². The number of nitrogens with zero attached hydrogens (tertiary/aromatic N) is 2. The molecule has 2 aromatic rings. The Labute approximate surface area is 192 Å². The van der Waals surface area contributed by atoms with Crippen LogP contribution in [0.2, 0.25) is 5.02 Å². The number of carbonyl (C=O) groups is 2. The second-order valence-corrected chi connectivity index (χ2v) is 7.91. The average molecular weight is 457 g/mol. The fraction of sp³-hybridized carbons (Fsp3) is 0.261. The molecule has 0 atom stereocenters. The van der Waals surface area contributed by atoms with E-state index in [1.807, 2.05) is 54.3 Å². The lowest BCUT2D eigenvalue weighted by Gasteiger charge is -2.37. The van der Waals surface area contributed by atoms with Crippen LogP contribution in [0.4, 0.5) is 11.4 Å². The van der Waals surface area contributed by atoms with Crippen LogP contribution < -0.4 is 15.5 Å². The highest BCUT2D eigenvalue weighted by molar-refractivity contribution is 7.80. The average Bonchev–Trinajstić information content (AvgIpc) is 2.78. The van der Waals surface area contributed by atoms with E-state index in [1.165, 1.54) is 6.08 Å². The largest absolute Gasteiger partial charge is 0.366 e. The normalized spacial score (nSPS) is 13.9. The number of anilines is 2. The minimum absolute atomic E-state index is 0.168. The number of hydrogen-bond donors (Lipinski definition) is 2. The molecule has 0 bridgehead atoms. The summed E-state index contributed by atoms with van der Waals surface area (Å²) < 4.78 is 0. The Morgan fingerprint density at radius 1 is 1.10 bits per heavy atom. The molecule has 1 aliphatic heterocycles. The van der Waals surface area contributed by atoms with Crippen LogP contribution in [0.3, 0.4) is 0 Å². The summed E-state index contributed by atoms with van der Waals surface area (Å²) >= 11 is 11.5. The Morgan fingerprint density at radius 2 is 1.81 bits per heavy atom. The van der Waals surface area contributed by atoms with Gasteiger partial charge in [0.1, 0.15) is 0 Å². The van der Waals surface area contributed by atoms with Gasteiger partial charge in [-0.05, 0) is 42.1 Å². The second kappa shape index (κ2) is 10.9. The lowest BCUT2D eigenvalue weighted by Crippen LogP contribution is -2.48. The van der Waals surface area contributed by atoms with Crippen molar-refractivity contribution in [2.75, 3.05) is 36.4 Å². The highest BCUT2D eigenvalue weighted by Crippen LogP contribution is 2.30. The molecule has 1 saturated heterocycles. The molecular weight excluding hydrogens is 432 g/mol. The van der Waals surface area contributed by atoms with E-state index >= 15 is 0 Å². The van der Waals surface area contributed by atoms with Crippen LogP contribution in [0.15, 0.2) is 54.6 Å². The van der Waals surface area contributed by atoms with Gasteiger partial charge in [0.05, 0.1) is 11.4 Å². The SMILES string of the molecule is CCC(=O)N1CCN(c2ccc(Cl)cc2NC(=S)NC(=O)C=Cc2ccccc2)CC1. The molecule has 2 aromatic carbocycles. The number of rotatable bonds is 5. The zero-order chi connectivity index (χ0) is 22.2. The van der Waals surface area contributed by atoms with Crippen molar-refractivity contribution in [3.63, 3.8) is 0 Å². The number of amides is 2. The summed E-state index contributed by atoms with van der Waals surface area (Å²) in [5.74, 6) is -0.154. The number of nitrogens with one attached hydrogen (secondary N) is 2. The summed E-state index contributed by atoms with van der Waals surface area (Å²) in [5.41, 5.74) is 2.55. The summed E-state index contributed by atoms with van der Waals surface area (Å²) in [4.78, 5) is 28.2. The van der Waals surface area contributed by atoms with Crippen molar-refractivity contribution >= 4 is 58.2 Å². The predicted molar refractivity (Wildman–Crippen MR) is 130 cm³/mol. The van der Waals surface area contributed by atoms with Crippen LogP contribution >= 0.6 is 23.8 Å². The van der Waals surface area contributed by atoms with E-state index in [-0.39, 0.29) is 16.9 Å². The van der Waals surface area contributed by atoms with Gasteiger partial charge in [0, 0.05) is 43.7 Å². The van der Waals surface area contributed by atoms with Crippen molar-refractivity contribution < 1.29 is 9.59 Å². The maximum atomic E-state index is 12.2. The molecule has 0 aliphatic carbocycles. The maximum Gasteiger partial charge on any atom is 0.250 e. The first-order valence-corrected chi connectivity index (χ1v) is 10.9. The Morgan fingerprint density at radius 3 is 2.48 bits per heavy atom. The molecule has 0 unspecified atom stereocenters. The first-order valence-electron chi connectivity index (χ1n) is 10.1. The van der Waals surface area contributed by atoms with Gasteiger partial charge in [0.2, 0.25) is 11.8 Å². The fourth-order valence-electron chi connectivity index (χ4n) is 3.35. The van der Waals surface area contributed by atoms with Crippen LogP contribution in [0, 0.1) is 0 Å². The van der Waals surface area contributed by atoms with Crippen molar-refractivity contribution in [2.24, 2.45) is 0 Å². The molecule has 8 heteroatoms. The van der Waals surface area contributed by atoms with E-state index in [9.17, 15) is 9.59 Å². The molecule has 3 rings (SSSR count). The first-order chi connectivity index (χ1) is 15.0. The van der Waals surface area contributed by atoms with Crippen LogP contribution in [-0.4, -0.2) is 48.0 Å². The van der Waals surface area contributed by atoms with Crippen LogP contribution in [0.5, 0.6) is 0 Å². The Bertz CT molecular complexity index is 973. The standard InChI is InChI=1S/C23H25ClN4O2S/c1-2-22(30)28-14-12-27(13-15-28)20-10-9-18(24)16-19(20)25-23(31)26-21(29)11-8-17-6-4-3-5-7-17/h3-11,16H,2,12-15H2,1H3,(H2,25,26,29,31). The third-order valence-corrected chi connectivity index (χ3v) is 5.38. The van der Waals surface area contributed by atoms with Crippen molar-refractivity contribution in [1.29, 1.82) is 0 Å². The number of piperazine rings is 1. The highest BCUT2D eigenvalue weighted by atomic mass is 35.5. The summed E-state index contributed by atoms with van der Waals surface area (Å²) in [6.45, 7) is 4.63. The second-order valence-electron chi connectivity index (χ2n) is 7.07. The van der Waals surface area contributed by atoms with Crippen LogP contribution in [0.1, 0.15) is 18.9 Å². The molecule has 6 nitrogen and oxygen atoms in total. The fourth-order valence-corrected chi connectivity index (χ4v) is 3.73. The summed E-state index contributed by atoms with van der Waals surface area (Å²) in [5, 5.41) is 6.49. The van der Waals surface area contributed by atoms with Crippen molar-refractivity contribution in [1.82, 2.24) is 10.2 Å². The molecular formula is C23H25ClN4O2S. The van der Waals surface area contributed by atoms with Crippen LogP contribution in [-0.2, 0) is 9.59 Å². The Hall–Kier alpha value is -2.90. The molecule has 1 fully saturated rings. The zero-order valence-corrected chi connectivity index (χ0v) is 18.9. The summed E-state index contributed by atoms with van der Waals surface area (Å²) in [6.07, 6.45) is 3.67. The van der Waals surface area contributed by atoms with E-state index in [4.69, 9.17) is 23.8 Å². The van der Waals surface area contributed by atoms with Gasteiger partial charge in [0.15, 0.2) is 5.11 Å². The minimum Gasteiger partial charge on any atom is -0.366 e. The van der Waals surface area contributed by atoms with E-state index in [2.05, 4.69) is 15.5 Å². The maximum absolute atomic E-state index is 12.2. The summed E-state index contributed by atoms with van der Waals surface area (Å²) in [7, 11) is 0. The third kappa shape index (κ3) is 6.54. The van der Waals surface area contributed by atoms with Gasteiger partial charge in [-0.15, -0.1) is 0 Å². The van der Waals surface area contributed by atoms with Gasteiger partial charge in [-0.2, -0.15) is 0 Å². The highest BCUT2D eigenvalue weighted by Gasteiger charge is 2.22. The monoisotopic (exact) mass is 456 g/mol. The van der Waals surface area contributed by atoms with Gasteiger partial charge in [-0.25, -0.2) is 0 Å². The molecule has 0 aromatic heterocycles. The Balaban J connectivity index is 1.63. The smallest absolute Gasteiger partial charge is 0.250 e. The van der Waals surface area contributed by atoms with Gasteiger partial charge in [-0.1, -0.05) is 48.9 Å². The molecule has 31 heavy (non-hydrogen) atoms. The molecule has 0 spiro atoms. The number of carbonyl (C=O) groups excluding carboxylic acids is 2. The first kappa shape index (κ1) is 22.8. The van der Waals surface area contributed by atoms with E-state index < -0.39 is 0 Å². The van der Waals surface area contributed by atoms with Gasteiger partial charge < -0.3 is 15.1 Å². The third-order valence-electron chi connectivity index (χ3n) is 4.95. The summed E-state index contributed by atoms with van der Waals surface area (Å²) in [6, 6.07) is 15.1. The number of thiocarbonyl (C=S) groups is 1. The molecule has 0 radical (unpaired) electrons. The number of hydrogen-bond acceptors (Lipinski definition) is 4. The Kier molecular flexibility index (Phi) is 8.03. The molecule has 2 N–H and O–H groups in total. The predicted octanol–water partition coefficient (Wildman–Crippen LogP) is 3.93. The van der Waals surface area contributed by atoms with Gasteiger partial charge in [-0.3, -0.25) is 14.9 Å². The number of halogens is 1. The van der Waals surface area contributed by atoms with Crippen molar-refractivity contribution in [2.45, 2.75) is 13.3 Å². The molecule has 0 saturated carbocycles. The number of benzene rings is 2. The molecule has 1 aliphatic rings.